The Morgan fingerprint density at radius 2 is 1.98 bits per heavy atom. The fraction of sp³-hybridized carbons (Fsp3) is 0.567. The van der Waals surface area contributed by atoms with E-state index in [0.29, 0.717) is 74.4 Å². The molecule has 1 spiro atoms. The zero-order valence-electron chi connectivity index (χ0n) is 25.1. The number of rotatable bonds is 6. The number of piperazine rings is 1. The average Bonchev–Trinajstić information content (AvgIpc) is 3.76. The molecule has 2 saturated heterocycles. The summed E-state index contributed by atoms with van der Waals surface area (Å²) in [6, 6.07) is 3.53. The Kier molecular flexibility index (Phi) is 12.1. The number of carbonyl (C=O) groups is 2. The molecule has 0 radical (unpaired) electrons. The van der Waals surface area contributed by atoms with Crippen molar-refractivity contribution in [1.82, 2.24) is 9.47 Å². The molecule has 2 atom stereocenters. The van der Waals surface area contributed by atoms with E-state index in [1.807, 2.05) is 17.5 Å². The molecule has 2 aliphatic carbocycles. The van der Waals surface area contributed by atoms with E-state index in [4.69, 9.17) is 29.1 Å². The first kappa shape index (κ1) is 34.3. The summed E-state index contributed by atoms with van der Waals surface area (Å²) in [6.45, 7) is 5.35. The number of unbranched alkanes of at least 4 members (excludes halogenated alkanes) is 1. The number of halogens is 1. The zero-order chi connectivity index (χ0) is 29.9. The number of nitrogens with zero attached hydrogens (tertiary/aromatic N) is 3. The van der Waals surface area contributed by atoms with E-state index < -0.39 is 11.6 Å². The third-order valence-electron chi connectivity index (χ3n) is 8.17. The number of anilines is 1. The second-order valence-corrected chi connectivity index (χ2v) is 11.2. The molecule has 43 heavy (non-hydrogen) atoms. The molecule has 1 aromatic carbocycles. The van der Waals surface area contributed by atoms with Crippen LogP contribution in [0.5, 0.6) is 0 Å². The molecule has 230 valence electrons. The quantitative estimate of drug-likeness (QED) is 0.222. The van der Waals surface area contributed by atoms with Crippen molar-refractivity contribution in [3.05, 3.63) is 52.6 Å². The second-order valence-electron chi connectivity index (χ2n) is 11.2. The van der Waals surface area contributed by atoms with E-state index in [-0.39, 0.29) is 75.5 Å². The van der Waals surface area contributed by atoms with Gasteiger partial charge in [0.05, 0.1) is 11.2 Å². The minimum atomic E-state index is -0.897. The maximum absolute atomic E-state index is 15.2. The van der Waals surface area contributed by atoms with Gasteiger partial charge in [-0.2, -0.15) is 6.42 Å². The maximum Gasteiger partial charge on any atom is 1.00 e. The molecule has 6 rings (SSSR count). The molecule has 1 amide bonds. The van der Waals surface area contributed by atoms with Crippen LogP contribution in [0.4, 0.5) is 14.9 Å². The van der Waals surface area contributed by atoms with Gasteiger partial charge in [0.1, 0.15) is 11.9 Å². The van der Waals surface area contributed by atoms with Gasteiger partial charge in [-0.05, 0) is 44.7 Å². The molecule has 4 fully saturated rings. The summed E-state index contributed by atoms with van der Waals surface area (Å²) in [4.78, 5) is 48.5. The largest absolute Gasteiger partial charge is 1.00 e. The van der Waals surface area contributed by atoms with Crippen molar-refractivity contribution in [3.8, 4) is 0 Å². The minimum Gasteiger partial charge on any atom is -0.494 e. The van der Waals surface area contributed by atoms with Gasteiger partial charge in [0.25, 0.3) is 6.47 Å². The fourth-order valence-electron chi connectivity index (χ4n) is 5.86. The van der Waals surface area contributed by atoms with Gasteiger partial charge in [0, 0.05) is 62.2 Å². The minimum absolute atomic E-state index is 0. The van der Waals surface area contributed by atoms with Crippen molar-refractivity contribution < 1.29 is 89.7 Å². The van der Waals surface area contributed by atoms with Crippen molar-refractivity contribution in [2.75, 3.05) is 31.1 Å². The molecule has 13 heteroatoms. The number of benzene rings is 1. The van der Waals surface area contributed by atoms with Crippen molar-refractivity contribution >= 4 is 29.2 Å². The molecule has 1 N–H and O–H groups in total. The van der Waals surface area contributed by atoms with Gasteiger partial charge in [-0.25, -0.2) is 14.1 Å². The van der Waals surface area contributed by atoms with Gasteiger partial charge in [-0.1, -0.05) is 13.2 Å². The van der Waals surface area contributed by atoms with Crippen LogP contribution >= 0.6 is 0 Å². The number of pyridine rings is 1. The summed E-state index contributed by atoms with van der Waals surface area (Å²) in [7, 11) is 0. The van der Waals surface area contributed by atoms with Crippen LogP contribution in [-0.2, 0) is 24.0 Å². The van der Waals surface area contributed by atoms with Gasteiger partial charge < -0.3 is 40.3 Å². The van der Waals surface area contributed by atoms with E-state index in [1.165, 1.54) is 6.07 Å². The maximum atomic E-state index is 15.2. The van der Waals surface area contributed by atoms with Gasteiger partial charge in [0.2, 0.25) is 0 Å². The summed E-state index contributed by atoms with van der Waals surface area (Å²) < 4.78 is 29.2. The first-order valence-electron chi connectivity index (χ1n) is 14.6. The summed E-state index contributed by atoms with van der Waals surface area (Å²) in [6.07, 6.45) is 9.92. The molecule has 0 bridgehead atoms. The molecular weight excluding hydrogens is 588 g/mol. The van der Waals surface area contributed by atoms with Crippen LogP contribution in [0.2, 0.25) is 0 Å². The molecule has 2 unspecified atom stereocenters. The second kappa shape index (κ2) is 15.1. The average molecular weight is 627 g/mol. The number of carbonyl (C=O) groups excluding carboxylic acids is 1. The van der Waals surface area contributed by atoms with Crippen LogP contribution in [0.15, 0.2) is 23.1 Å². The van der Waals surface area contributed by atoms with Crippen molar-refractivity contribution in [2.45, 2.75) is 83.1 Å². The Morgan fingerprint density at radius 3 is 2.65 bits per heavy atom. The number of ether oxygens (including phenoxy) is 2. The van der Waals surface area contributed by atoms with E-state index in [2.05, 4.69) is 11.5 Å². The number of fused-ring (bicyclic) bond motifs is 1. The number of aryl methyl sites for hydroxylation is 1. The van der Waals surface area contributed by atoms with E-state index in [0.717, 1.165) is 37.6 Å². The zero-order valence-corrected chi connectivity index (χ0v) is 28.2. The molecular formula is C30H38FKN3O8-. The van der Waals surface area contributed by atoms with Crippen LogP contribution in [0.1, 0.15) is 69.9 Å². The van der Waals surface area contributed by atoms with Crippen LogP contribution < -0.4 is 61.7 Å². The molecule has 2 saturated carbocycles. The molecule has 1 aromatic heterocycles. The molecule has 11 nitrogen and oxygen atoms in total. The fourth-order valence-corrected chi connectivity index (χ4v) is 5.86. The Hall–Kier alpha value is -1.58. The summed E-state index contributed by atoms with van der Waals surface area (Å²) in [5, 5.41) is 7.31. The summed E-state index contributed by atoms with van der Waals surface area (Å²) in [5.74, 6) is -1.31. The summed E-state index contributed by atoms with van der Waals surface area (Å²) in [5.41, 5.74) is 1.73. The monoisotopic (exact) mass is 626 g/mol. The molecule has 2 aromatic rings. The van der Waals surface area contributed by atoms with Gasteiger partial charge >= 0.3 is 57.5 Å². The van der Waals surface area contributed by atoms with Crippen molar-refractivity contribution in [1.29, 1.82) is 0 Å². The third kappa shape index (κ3) is 7.99. The predicted molar refractivity (Wildman–Crippen MR) is 151 cm³/mol. The smallest absolute Gasteiger partial charge is 0.494 e. The summed E-state index contributed by atoms with van der Waals surface area (Å²) >= 11 is 0. The molecule has 2 aliphatic heterocycles. The van der Waals surface area contributed by atoms with Crippen LogP contribution in [-0.4, -0.2) is 65.2 Å². The first-order valence-corrected chi connectivity index (χ1v) is 14.6. The van der Waals surface area contributed by atoms with Gasteiger partial charge in [0.15, 0.2) is 11.2 Å². The van der Waals surface area contributed by atoms with Crippen LogP contribution in [0.25, 0.3) is 10.9 Å². The Morgan fingerprint density at radius 1 is 1.26 bits per heavy atom. The Labute approximate surface area is 292 Å². The van der Waals surface area contributed by atoms with Gasteiger partial charge in [-0.15, -0.1) is 0 Å². The van der Waals surface area contributed by atoms with Crippen LogP contribution in [0, 0.1) is 25.5 Å². The van der Waals surface area contributed by atoms with Gasteiger partial charge in [-0.3, -0.25) is 16.0 Å². The van der Waals surface area contributed by atoms with Crippen molar-refractivity contribution in [2.24, 2.45) is 0 Å². The van der Waals surface area contributed by atoms with E-state index in [1.54, 1.807) is 17.9 Å². The Balaban J connectivity index is 0.00000102. The number of amides is 1. The van der Waals surface area contributed by atoms with Crippen LogP contribution in [0.3, 0.4) is 0 Å². The number of carboxylic acid groups (broad SMARTS) is 1. The topological polar surface area (TPSA) is 120 Å². The molecule has 4 aliphatic rings. The van der Waals surface area contributed by atoms with E-state index in [9.17, 15) is 9.59 Å². The van der Waals surface area contributed by atoms with E-state index >= 15 is 4.39 Å². The SMILES string of the molecule is CC[CH-]C[C-]1OOC2(CCCC(OC(=O)N3CCN(c4cc5c(cc4F)c(=O)c(C)cn5C4CC4)CC3)C2)O1.O=CO.[K+]. The third-order valence-corrected chi connectivity index (χ3v) is 8.17. The number of hydrogen-bond donors (Lipinski definition) is 1. The molecule has 3 heterocycles. The first-order chi connectivity index (χ1) is 20.3. The standard InChI is InChI=1S/C29H36FN3O6.CH2O2.K/c1-3-4-7-26-37-29(39-38-26)10-5-6-21(17-29)36-28(35)32-13-11-31(12-14-32)25-16-24-22(15-23(25)30)27(34)19(2)18-33(24)20-8-9-20;2-1-3;/h4,15-16,18,20-21H,3,5-14,17H2,1-2H3;1H,(H,2,3);/q-2;;+1. The number of hydrogen-bond acceptors (Lipinski definition) is 8. The Bertz CT molecular complexity index is 1350. The van der Waals surface area contributed by atoms with Crippen molar-refractivity contribution in [3.63, 3.8) is 0 Å². The predicted octanol–water partition coefficient (Wildman–Crippen LogP) is 1.86. The normalized spacial score (nSPS) is 23.9. The number of aromatic nitrogens is 1.